The second-order valence-corrected chi connectivity index (χ2v) is 9.33. The minimum absolute atomic E-state index is 0.0523. The third-order valence-electron chi connectivity index (χ3n) is 5.63. The Bertz CT molecular complexity index is 1030. The molecule has 2 aromatic carbocycles. The van der Waals surface area contributed by atoms with Gasteiger partial charge in [-0.25, -0.2) is 4.79 Å². The average Bonchev–Trinajstić information content (AvgIpc) is 3.51. The van der Waals surface area contributed by atoms with E-state index in [1.54, 1.807) is 47.6 Å². The van der Waals surface area contributed by atoms with Crippen molar-refractivity contribution in [3.63, 3.8) is 0 Å². The van der Waals surface area contributed by atoms with E-state index in [0.29, 0.717) is 31.2 Å². The first-order valence-electron chi connectivity index (χ1n) is 11.1. The molecule has 33 heavy (non-hydrogen) atoms. The molecule has 1 fully saturated rings. The molecule has 0 atom stereocenters. The van der Waals surface area contributed by atoms with E-state index in [4.69, 9.17) is 4.74 Å². The summed E-state index contributed by atoms with van der Waals surface area (Å²) in [4.78, 5) is 31.1. The molecule has 1 aliphatic rings. The molecule has 3 amide bonds. The molecule has 1 N–H and O–H groups in total. The number of benzene rings is 2. The second-order valence-electron chi connectivity index (χ2n) is 8.30. The number of hydrogen-bond donors (Lipinski definition) is 1. The van der Waals surface area contributed by atoms with E-state index in [1.807, 2.05) is 52.7 Å². The first-order chi connectivity index (χ1) is 16.1. The SMILES string of the molecule is COc1ccc(NC(=O)N(CC(=O)N(Cc2ccccc2)Cc2cccs2)CC2CC2)cc1. The smallest absolute Gasteiger partial charge is 0.322 e. The van der Waals surface area contributed by atoms with Crippen molar-refractivity contribution in [2.75, 3.05) is 25.5 Å². The molecule has 0 bridgehead atoms. The number of methoxy groups -OCH3 is 1. The molecule has 6 nitrogen and oxygen atoms in total. The lowest BCUT2D eigenvalue weighted by atomic mass is 10.2. The minimum atomic E-state index is -0.254. The number of carbonyl (C=O) groups is 2. The van der Waals surface area contributed by atoms with Crippen LogP contribution in [0.2, 0.25) is 0 Å². The number of urea groups is 1. The minimum Gasteiger partial charge on any atom is -0.497 e. The molecule has 0 saturated heterocycles. The topological polar surface area (TPSA) is 61.9 Å². The van der Waals surface area contributed by atoms with Crippen LogP contribution in [0.4, 0.5) is 10.5 Å². The van der Waals surface area contributed by atoms with Crippen LogP contribution in [0, 0.1) is 5.92 Å². The summed E-state index contributed by atoms with van der Waals surface area (Å²) >= 11 is 1.63. The van der Waals surface area contributed by atoms with Crippen LogP contribution in [-0.2, 0) is 17.9 Å². The highest BCUT2D eigenvalue weighted by Crippen LogP contribution is 2.30. The van der Waals surface area contributed by atoms with Gasteiger partial charge >= 0.3 is 6.03 Å². The van der Waals surface area contributed by atoms with Crippen molar-refractivity contribution in [2.45, 2.75) is 25.9 Å². The van der Waals surface area contributed by atoms with Crippen LogP contribution >= 0.6 is 11.3 Å². The Morgan fingerprint density at radius 3 is 2.36 bits per heavy atom. The molecule has 7 heteroatoms. The maximum atomic E-state index is 13.4. The molecule has 0 spiro atoms. The predicted octanol–water partition coefficient (Wildman–Crippen LogP) is 5.23. The second kappa shape index (κ2) is 11.0. The number of anilines is 1. The summed E-state index contributed by atoms with van der Waals surface area (Å²) in [5.74, 6) is 1.14. The van der Waals surface area contributed by atoms with Gasteiger partial charge in [0.05, 0.1) is 13.7 Å². The van der Waals surface area contributed by atoms with E-state index in [1.165, 1.54) is 0 Å². The summed E-state index contributed by atoms with van der Waals surface area (Å²) in [5.41, 5.74) is 1.74. The van der Waals surface area contributed by atoms with Crippen molar-refractivity contribution in [2.24, 2.45) is 5.92 Å². The van der Waals surface area contributed by atoms with Crippen LogP contribution in [0.15, 0.2) is 72.1 Å². The van der Waals surface area contributed by atoms with Gasteiger partial charge in [-0.2, -0.15) is 0 Å². The molecule has 4 rings (SSSR count). The molecule has 0 aliphatic heterocycles. The first kappa shape index (κ1) is 22.9. The van der Waals surface area contributed by atoms with Gasteiger partial charge in [0.1, 0.15) is 12.3 Å². The summed E-state index contributed by atoms with van der Waals surface area (Å²) in [7, 11) is 1.61. The Morgan fingerprint density at radius 1 is 0.970 bits per heavy atom. The zero-order valence-electron chi connectivity index (χ0n) is 18.8. The molecular formula is C26H29N3O3S. The Hall–Kier alpha value is -3.32. The van der Waals surface area contributed by atoms with E-state index in [-0.39, 0.29) is 18.5 Å². The van der Waals surface area contributed by atoms with Gasteiger partial charge in [-0.1, -0.05) is 36.4 Å². The molecule has 0 radical (unpaired) electrons. The first-order valence-corrected chi connectivity index (χ1v) is 12.0. The molecule has 1 aromatic heterocycles. The van der Waals surface area contributed by atoms with Crippen LogP contribution in [0.1, 0.15) is 23.3 Å². The molecular weight excluding hydrogens is 434 g/mol. The maximum Gasteiger partial charge on any atom is 0.322 e. The van der Waals surface area contributed by atoms with Crippen molar-refractivity contribution < 1.29 is 14.3 Å². The molecule has 1 aliphatic carbocycles. The highest BCUT2D eigenvalue weighted by molar-refractivity contribution is 7.09. The van der Waals surface area contributed by atoms with Crippen LogP contribution < -0.4 is 10.1 Å². The van der Waals surface area contributed by atoms with Gasteiger partial charge in [0.2, 0.25) is 5.91 Å². The van der Waals surface area contributed by atoms with Crippen LogP contribution in [-0.4, -0.2) is 41.9 Å². The Morgan fingerprint density at radius 2 is 1.73 bits per heavy atom. The number of carbonyl (C=O) groups excluding carboxylic acids is 2. The zero-order chi connectivity index (χ0) is 23.0. The number of hydrogen-bond acceptors (Lipinski definition) is 4. The zero-order valence-corrected chi connectivity index (χ0v) is 19.6. The lowest BCUT2D eigenvalue weighted by molar-refractivity contribution is -0.133. The highest BCUT2D eigenvalue weighted by Gasteiger charge is 2.29. The van der Waals surface area contributed by atoms with E-state index >= 15 is 0 Å². The van der Waals surface area contributed by atoms with Crippen LogP contribution in [0.5, 0.6) is 5.75 Å². The van der Waals surface area contributed by atoms with Gasteiger partial charge in [-0.15, -0.1) is 11.3 Å². The van der Waals surface area contributed by atoms with Gasteiger partial charge in [0.15, 0.2) is 0 Å². The molecule has 3 aromatic rings. The fourth-order valence-corrected chi connectivity index (χ4v) is 4.32. The maximum absolute atomic E-state index is 13.4. The van der Waals surface area contributed by atoms with E-state index in [2.05, 4.69) is 5.32 Å². The van der Waals surface area contributed by atoms with Crippen molar-refractivity contribution in [3.8, 4) is 5.75 Å². The quantitative estimate of drug-likeness (QED) is 0.448. The highest BCUT2D eigenvalue weighted by atomic mass is 32.1. The molecule has 1 heterocycles. The monoisotopic (exact) mass is 463 g/mol. The largest absolute Gasteiger partial charge is 0.497 e. The standard InChI is InChI=1S/C26H29N3O3S/c1-32-23-13-11-22(12-14-23)27-26(31)29(17-21-9-10-21)19-25(30)28(18-24-8-5-15-33-24)16-20-6-3-2-4-7-20/h2-8,11-15,21H,9-10,16-19H2,1H3,(H,27,31). The number of rotatable bonds is 10. The summed E-state index contributed by atoms with van der Waals surface area (Å²) < 4.78 is 5.18. The number of nitrogens with one attached hydrogen (secondary N) is 1. The van der Waals surface area contributed by atoms with Crippen molar-refractivity contribution in [3.05, 3.63) is 82.6 Å². The van der Waals surface area contributed by atoms with Gasteiger partial charge in [-0.05, 0) is 60.0 Å². The summed E-state index contributed by atoms with van der Waals surface area (Å²) in [6, 6.07) is 20.9. The summed E-state index contributed by atoms with van der Waals surface area (Å²) in [6.07, 6.45) is 2.20. The third kappa shape index (κ3) is 6.83. The van der Waals surface area contributed by atoms with Crippen LogP contribution in [0.25, 0.3) is 0 Å². The number of nitrogens with zero attached hydrogens (tertiary/aromatic N) is 2. The van der Waals surface area contributed by atoms with Crippen molar-refractivity contribution in [1.82, 2.24) is 9.80 Å². The lowest BCUT2D eigenvalue weighted by Crippen LogP contribution is -2.44. The van der Waals surface area contributed by atoms with E-state index in [0.717, 1.165) is 29.0 Å². The Kier molecular flexibility index (Phi) is 7.62. The Balaban J connectivity index is 1.46. The van der Waals surface area contributed by atoms with Gasteiger partial charge in [0, 0.05) is 23.7 Å². The molecule has 172 valence electrons. The predicted molar refractivity (Wildman–Crippen MR) is 131 cm³/mol. The summed E-state index contributed by atoms with van der Waals surface area (Å²) in [6.45, 7) is 1.68. The fraction of sp³-hybridized carbons (Fsp3) is 0.308. The molecule has 0 unspecified atom stereocenters. The van der Waals surface area contributed by atoms with Crippen molar-refractivity contribution >= 4 is 29.0 Å². The van der Waals surface area contributed by atoms with Crippen LogP contribution in [0.3, 0.4) is 0 Å². The number of thiophene rings is 1. The average molecular weight is 464 g/mol. The van der Waals surface area contributed by atoms with Crippen molar-refractivity contribution in [1.29, 1.82) is 0 Å². The van der Waals surface area contributed by atoms with Gasteiger partial charge in [0.25, 0.3) is 0 Å². The van der Waals surface area contributed by atoms with Gasteiger partial charge < -0.3 is 19.9 Å². The molecule has 1 saturated carbocycles. The normalized spacial score (nSPS) is 12.8. The lowest BCUT2D eigenvalue weighted by Gasteiger charge is -2.28. The van der Waals surface area contributed by atoms with E-state index < -0.39 is 0 Å². The van der Waals surface area contributed by atoms with E-state index in [9.17, 15) is 9.59 Å². The summed E-state index contributed by atoms with van der Waals surface area (Å²) in [5, 5.41) is 4.94. The Labute approximate surface area is 198 Å². The number of ether oxygens (including phenoxy) is 1. The van der Waals surface area contributed by atoms with Gasteiger partial charge in [-0.3, -0.25) is 4.79 Å². The number of amides is 3. The third-order valence-corrected chi connectivity index (χ3v) is 6.49. The fourth-order valence-electron chi connectivity index (χ4n) is 3.60.